The molecule has 6 heteroatoms. The van der Waals surface area contributed by atoms with Crippen LogP contribution in [0.25, 0.3) is 0 Å². The second-order valence-corrected chi connectivity index (χ2v) is 4.66. The van der Waals surface area contributed by atoms with Crippen molar-refractivity contribution in [1.82, 2.24) is 10.6 Å². The van der Waals surface area contributed by atoms with E-state index in [1.165, 1.54) is 0 Å². The van der Waals surface area contributed by atoms with Crippen molar-refractivity contribution in [3.8, 4) is 11.8 Å². The van der Waals surface area contributed by atoms with E-state index in [9.17, 15) is 9.59 Å². The highest BCUT2D eigenvalue weighted by molar-refractivity contribution is 5.96. The summed E-state index contributed by atoms with van der Waals surface area (Å²) in [5.74, 6) is 0.0247. The molecule has 21 heavy (non-hydrogen) atoms. The Balaban J connectivity index is 2.80. The zero-order valence-corrected chi connectivity index (χ0v) is 12.6. The second kappa shape index (κ2) is 7.29. The molecule has 0 aliphatic rings. The van der Waals surface area contributed by atoms with E-state index in [1.54, 1.807) is 39.8 Å². The molecule has 112 valence electrons. The van der Waals surface area contributed by atoms with Gasteiger partial charge in [0.05, 0.1) is 11.6 Å². The van der Waals surface area contributed by atoms with Crippen LogP contribution in [0.15, 0.2) is 12.1 Å². The number of nitrogens with zero attached hydrogens (tertiary/aromatic N) is 1. The summed E-state index contributed by atoms with van der Waals surface area (Å²) in [5, 5.41) is 13.6. The Hall–Kier alpha value is -2.55. The van der Waals surface area contributed by atoms with Crippen LogP contribution in [0.3, 0.4) is 0 Å². The molecule has 2 N–H and O–H groups in total. The van der Waals surface area contributed by atoms with E-state index in [0.717, 1.165) is 11.1 Å². The van der Waals surface area contributed by atoms with Crippen LogP contribution in [-0.4, -0.2) is 24.6 Å². The van der Waals surface area contributed by atoms with Crippen molar-refractivity contribution in [3.63, 3.8) is 0 Å². The summed E-state index contributed by atoms with van der Waals surface area (Å²) in [6.07, 6.45) is -0.821. The van der Waals surface area contributed by atoms with Gasteiger partial charge in [-0.1, -0.05) is 0 Å². The van der Waals surface area contributed by atoms with Crippen LogP contribution in [0, 0.1) is 25.2 Å². The first-order valence-electron chi connectivity index (χ1n) is 6.65. The van der Waals surface area contributed by atoms with Crippen LogP contribution in [0.1, 0.15) is 30.5 Å². The van der Waals surface area contributed by atoms with Gasteiger partial charge in [0.1, 0.15) is 5.75 Å². The van der Waals surface area contributed by atoms with Crippen molar-refractivity contribution in [2.75, 3.05) is 6.54 Å². The van der Waals surface area contributed by atoms with E-state index >= 15 is 0 Å². The number of hydrogen-bond acceptors (Lipinski definition) is 4. The molecule has 0 fully saturated rings. The summed E-state index contributed by atoms with van der Waals surface area (Å²) in [6.45, 7) is 7.36. The SMILES string of the molecule is CCNC(=O)NC(=O)C(C)Oc1c(C)cc(C#N)cc1C. The first kappa shape index (κ1) is 16.5. The lowest BCUT2D eigenvalue weighted by Gasteiger charge is -2.18. The van der Waals surface area contributed by atoms with Gasteiger partial charge in [-0.15, -0.1) is 0 Å². The summed E-state index contributed by atoms with van der Waals surface area (Å²) in [5.41, 5.74) is 2.07. The highest BCUT2D eigenvalue weighted by Gasteiger charge is 2.19. The van der Waals surface area contributed by atoms with Crippen LogP contribution in [0.4, 0.5) is 4.79 Å². The molecule has 0 heterocycles. The Morgan fingerprint density at radius 2 is 1.90 bits per heavy atom. The minimum Gasteiger partial charge on any atom is -0.480 e. The molecule has 0 saturated heterocycles. The maximum atomic E-state index is 11.8. The first-order valence-corrected chi connectivity index (χ1v) is 6.65. The van der Waals surface area contributed by atoms with Gasteiger partial charge in [0, 0.05) is 6.54 Å². The Morgan fingerprint density at radius 3 is 2.38 bits per heavy atom. The van der Waals surface area contributed by atoms with Crippen LogP contribution < -0.4 is 15.4 Å². The summed E-state index contributed by atoms with van der Waals surface area (Å²) >= 11 is 0. The van der Waals surface area contributed by atoms with Crippen molar-refractivity contribution in [2.45, 2.75) is 33.8 Å². The highest BCUT2D eigenvalue weighted by Crippen LogP contribution is 2.25. The highest BCUT2D eigenvalue weighted by atomic mass is 16.5. The lowest BCUT2D eigenvalue weighted by atomic mass is 10.1. The third-order valence-corrected chi connectivity index (χ3v) is 2.83. The van der Waals surface area contributed by atoms with Gasteiger partial charge < -0.3 is 10.1 Å². The molecule has 1 unspecified atom stereocenters. The van der Waals surface area contributed by atoms with Gasteiger partial charge in [-0.05, 0) is 51.0 Å². The van der Waals surface area contributed by atoms with Gasteiger partial charge in [0.25, 0.3) is 5.91 Å². The van der Waals surface area contributed by atoms with Crippen molar-refractivity contribution in [1.29, 1.82) is 5.26 Å². The van der Waals surface area contributed by atoms with E-state index in [-0.39, 0.29) is 0 Å². The average Bonchev–Trinajstić information content (AvgIpc) is 2.42. The standard InChI is InChI=1S/C15H19N3O3/c1-5-17-15(20)18-14(19)11(4)21-13-9(2)6-12(8-16)7-10(13)3/h6-7,11H,5H2,1-4H3,(H2,17,18,19,20). The minimum atomic E-state index is -0.821. The number of carbonyl (C=O) groups is 2. The molecule has 3 amide bonds. The maximum absolute atomic E-state index is 11.8. The largest absolute Gasteiger partial charge is 0.480 e. The lowest BCUT2D eigenvalue weighted by molar-refractivity contribution is -0.126. The van der Waals surface area contributed by atoms with Gasteiger partial charge in [0.2, 0.25) is 0 Å². The van der Waals surface area contributed by atoms with Crippen LogP contribution in [0.2, 0.25) is 0 Å². The molecule has 1 rings (SSSR count). The predicted molar refractivity (Wildman–Crippen MR) is 77.9 cm³/mol. The molecule has 0 saturated carbocycles. The number of carbonyl (C=O) groups excluding carboxylic acids is 2. The van der Waals surface area contributed by atoms with Crippen molar-refractivity contribution >= 4 is 11.9 Å². The quantitative estimate of drug-likeness (QED) is 0.884. The third kappa shape index (κ3) is 4.49. The number of amides is 3. The Kier molecular flexibility index (Phi) is 5.73. The summed E-state index contributed by atoms with van der Waals surface area (Å²) in [6, 6.07) is 4.90. The number of rotatable bonds is 4. The zero-order chi connectivity index (χ0) is 16.0. The topological polar surface area (TPSA) is 91.2 Å². The van der Waals surface area contributed by atoms with Crippen LogP contribution >= 0.6 is 0 Å². The predicted octanol–water partition coefficient (Wildman–Crippen LogP) is 1.79. The molecule has 1 atom stereocenters. The molecule has 0 spiro atoms. The molecule has 1 aromatic rings. The fourth-order valence-corrected chi connectivity index (χ4v) is 1.85. The molecule has 0 aliphatic carbocycles. The molecule has 0 bridgehead atoms. The normalized spacial score (nSPS) is 11.2. The molecule has 0 radical (unpaired) electrons. The summed E-state index contributed by atoms with van der Waals surface area (Å²) in [7, 11) is 0. The molecular formula is C15H19N3O3. The monoisotopic (exact) mass is 289 g/mol. The van der Waals surface area contributed by atoms with E-state index in [4.69, 9.17) is 10.00 Å². The molecule has 0 aromatic heterocycles. The number of imide groups is 1. The van der Waals surface area contributed by atoms with Gasteiger partial charge in [-0.3, -0.25) is 10.1 Å². The van der Waals surface area contributed by atoms with Gasteiger partial charge in [-0.2, -0.15) is 5.26 Å². The zero-order valence-electron chi connectivity index (χ0n) is 12.6. The number of nitrogens with one attached hydrogen (secondary N) is 2. The Bertz CT molecular complexity index is 567. The maximum Gasteiger partial charge on any atom is 0.321 e. The van der Waals surface area contributed by atoms with Gasteiger partial charge >= 0.3 is 6.03 Å². The molecule has 1 aromatic carbocycles. The van der Waals surface area contributed by atoms with Crippen molar-refractivity contribution < 1.29 is 14.3 Å². The third-order valence-electron chi connectivity index (χ3n) is 2.83. The van der Waals surface area contributed by atoms with E-state index < -0.39 is 18.0 Å². The first-order chi connectivity index (χ1) is 9.88. The van der Waals surface area contributed by atoms with Gasteiger partial charge in [0.15, 0.2) is 6.10 Å². The number of ether oxygens (including phenoxy) is 1. The molecule has 6 nitrogen and oxygen atoms in total. The Morgan fingerprint density at radius 1 is 1.33 bits per heavy atom. The molecular weight excluding hydrogens is 270 g/mol. The van der Waals surface area contributed by atoms with Gasteiger partial charge in [-0.25, -0.2) is 4.79 Å². The average molecular weight is 289 g/mol. The summed E-state index contributed by atoms with van der Waals surface area (Å²) in [4.78, 5) is 23.1. The number of urea groups is 1. The fraction of sp³-hybridized carbons (Fsp3) is 0.400. The minimum absolute atomic E-state index is 0.433. The second-order valence-electron chi connectivity index (χ2n) is 4.66. The van der Waals surface area contributed by atoms with E-state index in [0.29, 0.717) is 17.9 Å². The number of benzene rings is 1. The fourth-order valence-electron chi connectivity index (χ4n) is 1.85. The van der Waals surface area contributed by atoms with E-state index in [1.807, 2.05) is 0 Å². The van der Waals surface area contributed by atoms with E-state index in [2.05, 4.69) is 16.7 Å². The van der Waals surface area contributed by atoms with Crippen molar-refractivity contribution in [2.24, 2.45) is 0 Å². The van der Waals surface area contributed by atoms with Crippen molar-refractivity contribution in [3.05, 3.63) is 28.8 Å². The van der Waals surface area contributed by atoms with Crippen LogP contribution in [0.5, 0.6) is 5.75 Å². The number of hydrogen-bond donors (Lipinski definition) is 2. The van der Waals surface area contributed by atoms with Crippen LogP contribution in [-0.2, 0) is 4.79 Å². The molecule has 0 aliphatic heterocycles. The Labute approximate surface area is 124 Å². The summed E-state index contributed by atoms with van der Waals surface area (Å²) < 4.78 is 5.61. The lowest BCUT2D eigenvalue weighted by Crippen LogP contribution is -2.45. The number of aryl methyl sites for hydroxylation is 2. The smallest absolute Gasteiger partial charge is 0.321 e. The number of nitriles is 1.